The van der Waals surface area contributed by atoms with Crippen molar-refractivity contribution in [2.75, 3.05) is 18.5 Å². The van der Waals surface area contributed by atoms with Crippen molar-refractivity contribution in [1.29, 1.82) is 0 Å². The molecule has 1 saturated heterocycles. The van der Waals surface area contributed by atoms with Crippen LogP contribution < -0.4 is 16.0 Å². The molecular weight excluding hydrogens is 226 g/mol. The lowest BCUT2D eigenvalue weighted by atomic mass is 10.00. The number of amides is 1. The van der Waals surface area contributed by atoms with Crippen LogP contribution in [-0.2, 0) is 11.3 Å². The fraction of sp³-hybridized carbons (Fsp3) is 0.500. The van der Waals surface area contributed by atoms with Crippen molar-refractivity contribution in [1.82, 2.24) is 5.32 Å². The molecule has 4 heteroatoms. The highest BCUT2D eigenvalue weighted by Gasteiger charge is 2.28. The number of carbonyl (C=O) groups is 1. The van der Waals surface area contributed by atoms with Crippen LogP contribution >= 0.6 is 0 Å². The van der Waals surface area contributed by atoms with Gasteiger partial charge in [-0.1, -0.05) is 12.1 Å². The van der Waals surface area contributed by atoms with Gasteiger partial charge in [-0.05, 0) is 37.0 Å². The highest BCUT2D eigenvalue weighted by atomic mass is 16.2. The van der Waals surface area contributed by atoms with Gasteiger partial charge in [0.2, 0.25) is 5.91 Å². The second-order valence-electron chi connectivity index (χ2n) is 4.69. The van der Waals surface area contributed by atoms with Crippen LogP contribution in [0.4, 0.5) is 5.69 Å². The molecule has 1 unspecified atom stereocenters. The number of nitrogens with one attached hydrogen (secondary N) is 1. The number of likely N-dealkylation sites (N-methyl/N-ethyl adjacent to an activating group) is 1. The second kappa shape index (κ2) is 5.87. The summed E-state index contributed by atoms with van der Waals surface area (Å²) in [4.78, 5) is 14.1. The van der Waals surface area contributed by atoms with E-state index in [-0.39, 0.29) is 11.9 Å². The Morgan fingerprint density at radius 2 is 2.33 bits per heavy atom. The third kappa shape index (κ3) is 2.64. The first kappa shape index (κ1) is 12.9. The fourth-order valence-electron chi connectivity index (χ4n) is 2.54. The van der Waals surface area contributed by atoms with Crippen molar-refractivity contribution >= 4 is 11.6 Å². The average molecular weight is 247 g/mol. The monoisotopic (exact) mass is 247 g/mol. The lowest BCUT2D eigenvalue weighted by molar-refractivity contribution is -0.122. The number of anilines is 1. The summed E-state index contributed by atoms with van der Waals surface area (Å²) in [5.74, 6) is 0.104. The Morgan fingerprint density at radius 1 is 1.50 bits per heavy atom. The zero-order valence-electron chi connectivity index (χ0n) is 10.9. The van der Waals surface area contributed by atoms with E-state index in [1.54, 1.807) is 7.05 Å². The summed E-state index contributed by atoms with van der Waals surface area (Å²) in [6.07, 6.45) is 3.18. The van der Waals surface area contributed by atoms with Crippen LogP contribution in [0.25, 0.3) is 0 Å². The summed E-state index contributed by atoms with van der Waals surface area (Å²) in [5, 5.41) is 2.76. The molecule has 3 N–H and O–H groups in total. The van der Waals surface area contributed by atoms with Crippen molar-refractivity contribution in [3.05, 3.63) is 29.8 Å². The van der Waals surface area contributed by atoms with Gasteiger partial charge in [0, 0.05) is 25.8 Å². The number of hydrogen-bond acceptors (Lipinski definition) is 3. The number of piperidine rings is 1. The van der Waals surface area contributed by atoms with Crippen molar-refractivity contribution in [3.63, 3.8) is 0 Å². The van der Waals surface area contributed by atoms with E-state index in [0.29, 0.717) is 6.54 Å². The molecule has 4 nitrogen and oxygen atoms in total. The topological polar surface area (TPSA) is 58.4 Å². The summed E-state index contributed by atoms with van der Waals surface area (Å²) in [7, 11) is 1.70. The maximum Gasteiger partial charge on any atom is 0.242 e. The molecule has 1 aromatic rings. The summed E-state index contributed by atoms with van der Waals surface area (Å²) in [6, 6.07) is 8.12. The lowest BCUT2D eigenvalue weighted by Crippen LogP contribution is -2.48. The highest BCUT2D eigenvalue weighted by molar-refractivity contribution is 5.85. The number of rotatable bonds is 3. The minimum atomic E-state index is -0.0447. The summed E-state index contributed by atoms with van der Waals surface area (Å²) >= 11 is 0. The number of benzene rings is 1. The molecular formula is C14H21N3O. The van der Waals surface area contributed by atoms with E-state index >= 15 is 0 Å². The summed E-state index contributed by atoms with van der Waals surface area (Å²) in [6.45, 7) is 1.47. The van der Waals surface area contributed by atoms with Crippen LogP contribution in [0.5, 0.6) is 0 Å². The van der Waals surface area contributed by atoms with Crippen molar-refractivity contribution in [3.8, 4) is 0 Å². The van der Waals surface area contributed by atoms with Gasteiger partial charge in [0.1, 0.15) is 6.04 Å². The smallest absolute Gasteiger partial charge is 0.242 e. The first-order valence-electron chi connectivity index (χ1n) is 6.53. The number of carbonyl (C=O) groups excluding carboxylic acids is 1. The van der Waals surface area contributed by atoms with Crippen LogP contribution in [-0.4, -0.2) is 25.5 Å². The molecule has 1 amide bonds. The average Bonchev–Trinajstić information content (AvgIpc) is 2.46. The van der Waals surface area contributed by atoms with E-state index in [4.69, 9.17) is 5.73 Å². The normalized spacial score (nSPS) is 19.7. The van der Waals surface area contributed by atoms with Gasteiger partial charge in [-0.15, -0.1) is 0 Å². The largest absolute Gasteiger partial charge is 0.360 e. The van der Waals surface area contributed by atoms with Crippen LogP contribution in [0.3, 0.4) is 0 Å². The predicted octanol–water partition coefficient (Wildman–Crippen LogP) is 1.25. The first-order valence-corrected chi connectivity index (χ1v) is 6.53. The first-order chi connectivity index (χ1) is 8.76. The molecule has 2 rings (SSSR count). The molecule has 0 radical (unpaired) electrons. The Balaban J connectivity index is 2.24. The standard InChI is InChI=1S/C14H21N3O/c1-16-14(18)13-7-2-3-8-17(13)12-6-4-5-11(9-12)10-15/h4-6,9,13H,2-3,7-8,10,15H2,1H3,(H,16,18). The van der Waals surface area contributed by atoms with Crippen LogP contribution in [0.1, 0.15) is 24.8 Å². The molecule has 1 fully saturated rings. The van der Waals surface area contributed by atoms with E-state index in [2.05, 4.69) is 22.3 Å². The molecule has 1 aromatic carbocycles. The van der Waals surface area contributed by atoms with Crippen LogP contribution in [0.2, 0.25) is 0 Å². The molecule has 0 spiro atoms. The van der Waals surface area contributed by atoms with E-state index in [0.717, 1.165) is 37.1 Å². The molecule has 1 atom stereocenters. The minimum absolute atomic E-state index is 0.0447. The maximum absolute atomic E-state index is 11.9. The second-order valence-corrected chi connectivity index (χ2v) is 4.69. The Bertz CT molecular complexity index is 419. The van der Waals surface area contributed by atoms with Crippen molar-refractivity contribution < 1.29 is 4.79 Å². The Labute approximate surface area is 108 Å². The molecule has 1 aliphatic rings. The van der Waals surface area contributed by atoms with E-state index in [1.807, 2.05) is 12.1 Å². The summed E-state index contributed by atoms with van der Waals surface area (Å²) in [5.41, 5.74) is 7.88. The number of nitrogens with two attached hydrogens (primary N) is 1. The van der Waals surface area contributed by atoms with E-state index < -0.39 is 0 Å². The number of hydrogen-bond donors (Lipinski definition) is 2. The van der Waals surface area contributed by atoms with Crippen molar-refractivity contribution in [2.45, 2.75) is 31.8 Å². The van der Waals surface area contributed by atoms with Gasteiger partial charge in [0.05, 0.1) is 0 Å². The Hall–Kier alpha value is -1.55. The molecule has 98 valence electrons. The highest BCUT2D eigenvalue weighted by Crippen LogP contribution is 2.25. The minimum Gasteiger partial charge on any atom is -0.360 e. The van der Waals surface area contributed by atoms with Gasteiger partial charge < -0.3 is 16.0 Å². The van der Waals surface area contributed by atoms with Crippen molar-refractivity contribution in [2.24, 2.45) is 5.73 Å². The van der Waals surface area contributed by atoms with Gasteiger partial charge in [-0.25, -0.2) is 0 Å². The van der Waals surface area contributed by atoms with Crippen LogP contribution in [0.15, 0.2) is 24.3 Å². The SMILES string of the molecule is CNC(=O)C1CCCCN1c1cccc(CN)c1. The van der Waals surface area contributed by atoms with Gasteiger partial charge in [-0.2, -0.15) is 0 Å². The Morgan fingerprint density at radius 3 is 3.06 bits per heavy atom. The van der Waals surface area contributed by atoms with Crippen LogP contribution in [0, 0.1) is 0 Å². The van der Waals surface area contributed by atoms with Gasteiger partial charge in [0.25, 0.3) is 0 Å². The predicted molar refractivity (Wildman–Crippen MR) is 73.4 cm³/mol. The van der Waals surface area contributed by atoms with Gasteiger partial charge in [0.15, 0.2) is 0 Å². The number of nitrogens with zero attached hydrogens (tertiary/aromatic N) is 1. The molecule has 18 heavy (non-hydrogen) atoms. The third-order valence-corrected chi connectivity index (χ3v) is 3.53. The zero-order chi connectivity index (χ0) is 13.0. The fourth-order valence-corrected chi connectivity index (χ4v) is 2.54. The lowest BCUT2D eigenvalue weighted by Gasteiger charge is -2.36. The molecule has 1 aliphatic heterocycles. The maximum atomic E-state index is 11.9. The molecule has 0 aliphatic carbocycles. The summed E-state index contributed by atoms with van der Waals surface area (Å²) < 4.78 is 0. The zero-order valence-corrected chi connectivity index (χ0v) is 10.9. The Kier molecular flexibility index (Phi) is 4.20. The molecule has 0 bridgehead atoms. The molecule has 0 saturated carbocycles. The van der Waals surface area contributed by atoms with E-state index in [9.17, 15) is 4.79 Å². The van der Waals surface area contributed by atoms with Gasteiger partial charge in [-0.3, -0.25) is 4.79 Å². The molecule has 0 aromatic heterocycles. The van der Waals surface area contributed by atoms with E-state index in [1.165, 1.54) is 0 Å². The molecule has 1 heterocycles. The quantitative estimate of drug-likeness (QED) is 0.845. The van der Waals surface area contributed by atoms with Gasteiger partial charge >= 0.3 is 0 Å². The third-order valence-electron chi connectivity index (χ3n) is 3.53.